The third-order valence-electron chi connectivity index (χ3n) is 1.70. The van der Waals surface area contributed by atoms with E-state index in [1.165, 1.54) is 19.2 Å². The molecule has 2 N–H and O–H groups in total. The second kappa shape index (κ2) is 3.95. The molecular formula is C9H9FO4. The van der Waals surface area contributed by atoms with Gasteiger partial charge < -0.3 is 14.9 Å². The second-order valence-corrected chi connectivity index (χ2v) is 2.63. The minimum Gasteiger partial charge on any atom is -0.508 e. The summed E-state index contributed by atoms with van der Waals surface area (Å²) in [4.78, 5) is 10.4. The number of aromatic hydroxyl groups is 1. The quantitative estimate of drug-likeness (QED) is 0.775. The van der Waals surface area contributed by atoms with Crippen LogP contribution in [0.5, 0.6) is 11.5 Å². The molecule has 1 atom stereocenters. The van der Waals surface area contributed by atoms with Gasteiger partial charge in [-0.2, -0.15) is 0 Å². The summed E-state index contributed by atoms with van der Waals surface area (Å²) in [7, 11) is 1.30. The number of ether oxygens (including phenoxy) is 1. The van der Waals surface area contributed by atoms with Crippen LogP contribution in [0.25, 0.3) is 0 Å². The van der Waals surface area contributed by atoms with E-state index in [0.717, 1.165) is 6.07 Å². The van der Waals surface area contributed by atoms with E-state index in [2.05, 4.69) is 0 Å². The van der Waals surface area contributed by atoms with Gasteiger partial charge in [-0.05, 0) is 18.2 Å². The average molecular weight is 200 g/mol. The van der Waals surface area contributed by atoms with E-state index in [-0.39, 0.29) is 17.1 Å². The molecule has 0 heterocycles. The fourth-order valence-corrected chi connectivity index (χ4v) is 1.05. The highest BCUT2D eigenvalue weighted by molar-refractivity contribution is 5.75. The van der Waals surface area contributed by atoms with Gasteiger partial charge in [-0.25, -0.2) is 9.18 Å². The molecule has 0 saturated carbocycles. The number of hydrogen-bond acceptors (Lipinski definition) is 3. The molecule has 76 valence electrons. The molecule has 0 amide bonds. The van der Waals surface area contributed by atoms with Gasteiger partial charge in [0.2, 0.25) is 6.17 Å². The van der Waals surface area contributed by atoms with Crippen LogP contribution in [0, 0.1) is 0 Å². The molecule has 1 rings (SSSR count). The molecule has 4 nitrogen and oxygen atoms in total. The zero-order chi connectivity index (χ0) is 10.7. The molecule has 0 aliphatic carbocycles. The van der Waals surface area contributed by atoms with Crippen molar-refractivity contribution in [2.24, 2.45) is 0 Å². The molecular weight excluding hydrogens is 191 g/mol. The molecule has 1 unspecified atom stereocenters. The first-order chi connectivity index (χ1) is 6.56. The number of methoxy groups -OCH3 is 1. The van der Waals surface area contributed by atoms with Crippen molar-refractivity contribution in [2.75, 3.05) is 7.11 Å². The lowest BCUT2D eigenvalue weighted by atomic mass is 10.1. The van der Waals surface area contributed by atoms with Gasteiger partial charge in [-0.3, -0.25) is 0 Å². The summed E-state index contributed by atoms with van der Waals surface area (Å²) >= 11 is 0. The summed E-state index contributed by atoms with van der Waals surface area (Å²) in [5, 5.41) is 17.5. The fraction of sp³-hybridized carbons (Fsp3) is 0.222. The number of carboxylic acids is 1. The van der Waals surface area contributed by atoms with Crippen LogP contribution < -0.4 is 4.74 Å². The zero-order valence-corrected chi connectivity index (χ0v) is 7.40. The Kier molecular flexibility index (Phi) is 2.91. The molecule has 0 spiro atoms. The number of rotatable bonds is 3. The first-order valence-corrected chi connectivity index (χ1v) is 3.80. The molecule has 0 aliphatic rings. The zero-order valence-electron chi connectivity index (χ0n) is 7.40. The van der Waals surface area contributed by atoms with Crippen molar-refractivity contribution >= 4 is 5.97 Å². The Balaban J connectivity index is 3.16. The summed E-state index contributed by atoms with van der Waals surface area (Å²) in [6.07, 6.45) is -2.20. The second-order valence-electron chi connectivity index (χ2n) is 2.63. The van der Waals surface area contributed by atoms with Gasteiger partial charge in [0, 0.05) is 5.56 Å². The maximum Gasteiger partial charge on any atom is 0.343 e. The Morgan fingerprint density at radius 3 is 2.71 bits per heavy atom. The van der Waals surface area contributed by atoms with Crippen LogP contribution in [0.1, 0.15) is 11.7 Å². The lowest BCUT2D eigenvalue weighted by Crippen LogP contribution is -2.07. The van der Waals surface area contributed by atoms with E-state index < -0.39 is 12.1 Å². The van der Waals surface area contributed by atoms with Gasteiger partial charge in [0.1, 0.15) is 11.5 Å². The monoisotopic (exact) mass is 200 g/mol. The highest BCUT2D eigenvalue weighted by Gasteiger charge is 2.22. The molecule has 5 heteroatoms. The summed E-state index contributed by atoms with van der Waals surface area (Å²) < 4.78 is 17.9. The van der Waals surface area contributed by atoms with Crippen molar-refractivity contribution in [1.29, 1.82) is 0 Å². The standard InChI is InChI=1S/C9H9FO4/c1-14-7-3-2-5(11)4-6(7)8(10)9(12)13/h2-4,8,11H,1H3,(H,12,13). The molecule has 1 aromatic rings. The summed E-state index contributed by atoms with van der Waals surface area (Å²) in [6, 6.07) is 3.62. The van der Waals surface area contributed by atoms with Gasteiger partial charge in [0.05, 0.1) is 7.11 Å². The van der Waals surface area contributed by atoms with E-state index in [1.807, 2.05) is 0 Å². The van der Waals surface area contributed by atoms with Crippen LogP contribution in [-0.4, -0.2) is 23.3 Å². The topological polar surface area (TPSA) is 66.8 Å². The van der Waals surface area contributed by atoms with Crippen molar-refractivity contribution in [1.82, 2.24) is 0 Å². The van der Waals surface area contributed by atoms with E-state index in [0.29, 0.717) is 0 Å². The number of benzene rings is 1. The number of phenols is 1. The lowest BCUT2D eigenvalue weighted by Gasteiger charge is -2.09. The van der Waals surface area contributed by atoms with Crippen LogP contribution in [0.2, 0.25) is 0 Å². The van der Waals surface area contributed by atoms with Gasteiger partial charge in [0.15, 0.2) is 0 Å². The number of hydrogen-bond donors (Lipinski definition) is 2. The van der Waals surface area contributed by atoms with Crippen molar-refractivity contribution < 1.29 is 24.1 Å². The van der Waals surface area contributed by atoms with E-state index in [1.54, 1.807) is 0 Å². The summed E-state index contributed by atoms with van der Waals surface area (Å²) in [6.45, 7) is 0. The van der Waals surface area contributed by atoms with E-state index in [4.69, 9.17) is 14.9 Å². The van der Waals surface area contributed by atoms with Gasteiger partial charge >= 0.3 is 5.97 Å². The molecule has 0 fully saturated rings. The first-order valence-electron chi connectivity index (χ1n) is 3.80. The van der Waals surface area contributed by atoms with Crippen molar-refractivity contribution in [2.45, 2.75) is 6.17 Å². The smallest absolute Gasteiger partial charge is 0.343 e. The SMILES string of the molecule is COc1ccc(O)cc1C(F)C(=O)O. The lowest BCUT2D eigenvalue weighted by molar-refractivity contribution is -0.143. The Morgan fingerprint density at radius 2 is 2.21 bits per heavy atom. The van der Waals surface area contributed by atoms with Crippen LogP contribution in [0.4, 0.5) is 4.39 Å². The third-order valence-corrected chi connectivity index (χ3v) is 1.70. The molecule has 0 saturated heterocycles. The van der Waals surface area contributed by atoms with E-state index >= 15 is 0 Å². The fourth-order valence-electron chi connectivity index (χ4n) is 1.05. The van der Waals surface area contributed by atoms with Gasteiger partial charge in [-0.15, -0.1) is 0 Å². The normalized spacial score (nSPS) is 12.1. The Hall–Kier alpha value is -1.78. The number of aliphatic carboxylic acids is 1. The molecule has 0 aliphatic heterocycles. The van der Waals surface area contributed by atoms with Crippen LogP contribution in [0.3, 0.4) is 0 Å². The minimum atomic E-state index is -2.20. The Bertz CT molecular complexity index is 351. The van der Waals surface area contributed by atoms with Gasteiger partial charge in [0.25, 0.3) is 0 Å². The highest BCUT2D eigenvalue weighted by atomic mass is 19.1. The van der Waals surface area contributed by atoms with Crippen molar-refractivity contribution in [3.05, 3.63) is 23.8 Å². The number of alkyl halides is 1. The largest absolute Gasteiger partial charge is 0.508 e. The maximum absolute atomic E-state index is 13.1. The molecule has 0 aromatic heterocycles. The highest BCUT2D eigenvalue weighted by Crippen LogP contribution is 2.30. The van der Waals surface area contributed by atoms with Crippen molar-refractivity contribution in [3.8, 4) is 11.5 Å². The molecule has 0 bridgehead atoms. The maximum atomic E-state index is 13.1. The third kappa shape index (κ3) is 1.93. The van der Waals surface area contributed by atoms with E-state index in [9.17, 15) is 9.18 Å². The van der Waals surface area contributed by atoms with Crippen LogP contribution >= 0.6 is 0 Å². The molecule has 1 aromatic carbocycles. The number of halogens is 1. The summed E-state index contributed by atoms with van der Waals surface area (Å²) in [5.41, 5.74) is -0.194. The van der Waals surface area contributed by atoms with Crippen LogP contribution in [0.15, 0.2) is 18.2 Å². The first kappa shape index (κ1) is 10.3. The summed E-state index contributed by atoms with van der Waals surface area (Å²) in [5.74, 6) is -1.73. The Morgan fingerprint density at radius 1 is 1.57 bits per heavy atom. The molecule has 0 radical (unpaired) electrons. The number of carbonyl (C=O) groups is 1. The predicted octanol–water partition coefficient (Wildman–Crippen LogP) is 1.50. The predicted molar refractivity (Wildman–Crippen MR) is 46.1 cm³/mol. The Labute approximate surface area is 79.6 Å². The number of carboxylic acid groups (broad SMARTS) is 1. The van der Waals surface area contributed by atoms with Crippen LogP contribution in [-0.2, 0) is 4.79 Å². The number of phenolic OH excluding ortho intramolecular Hbond substituents is 1. The average Bonchev–Trinajstić information content (AvgIpc) is 2.16. The van der Waals surface area contributed by atoms with Crippen molar-refractivity contribution in [3.63, 3.8) is 0 Å². The molecule has 14 heavy (non-hydrogen) atoms. The minimum absolute atomic E-state index is 0.0951. The van der Waals surface area contributed by atoms with Gasteiger partial charge in [-0.1, -0.05) is 0 Å².